The quantitative estimate of drug-likeness (QED) is 0.572. The lowest BCUT2D eigenvalue weighted by Gasteiger charge is -2.07. The molecular weight excluding hydrogens is 304 g/mol. The number of carbonyl (C=O) groups is 1. The zero-order valence-electron chi connectivity index (χ0n) is 11.5. The third-order valence-corrected chi connectivity index (χ3v) is 4.27. The van der Waals surface area contributed by atoms with Gasteiger partial charge in [-0.25, -0.2) is 13.6 Å². The molecule has 0 bridgehead atoms. The molecule has 0 saturated heterocycles. The van der Waals surface area contributed by atoms with Crippen LogP contribution in [0.1, 0.15) is 10.5 Å². The number of Topliss-reactive ketones (excluding diaryl/α,β-unsaturated/α-hetero) is 1. The molecule has 0 saturated carbocycles. The third kappa shape index (κ3) is 2.74. The Morgan fingerprint density at radius 1 is 1.18 bits per heavy atom. The molecule has 8 heteroatoms. The fourth-order valence-corrected chi connectivity index (χ4v) is 2.74. The topological polar surface area (TPSA) is 106 Å². The molecule has 0 fully saturated rings. The van der Waals surface area contributed by atoms with Gasteiger partial charge in [-0.1, -0.05) is 0 Å². The summed E-state index contributed by atoms with van der Waals surface area (Å²) >= 11 is 0. The number of allylic oxidation sites excluding steroid dienone is 1. The summed E-state index contributed by atoms with van der Waals surface area (Å²) in [4.78, 5) is 12.1. The summed E-state index contributed by atoms with van der Waals surface area (Å²) in [5, 5.41) is 5.02. The van der Waals surface area contributed by atoms with Crippen molar-refractivity contribution >= 4 is 21.5 Å². The molecule has 2 heterocycles. The first kappa shape index (κ1) is 14.4. The molecule has 22 heavy (non-hydrogen) atoms. The van der Waals surface area contributed by atoms with E-state index >= 15 is 0 Å². The van der Waals surface area contributed by atoms with Gasteiger partial charge < -0.3 is 15.4 Å². The molecule has 1 aliphatic rings. The van der Waals surface area contributed by atoms with Gasteiger partial charge >= 0.3 is 0 Å². The molecule has 1 aromatic heterocycles. The van der Waals surface area contributed by atoms with E-state index in [4.69, 9.17) is 5.14 Å². The van der Waals surface area contributed by atoms with E-state index in [0.717, 1.165) is 0 Å². The number of benzene rings is 1. The third-order valence-electron chi connectivity index (χ3n) is 3.34. The van der Waals surface area contributed by atoms with Crippen LogP contribution >= 0.6 is 0 Å². The molecule has 114 valence electrons. The van der Waals surface area contributed by atoms with E-state index in [2.05, 4.69) is 10.9 Å². The second-order valence-electron chi connectivity index (χ2n) is 4.86. The van der Waals surface area contributed by atoms with Gasteiger partial charge in [0.05, 0.1) is 22.8 Å². The maximum Gasteiger partial charge on any atom is 0.238 e. The van der Waals surface area contributed by atoms with Crippen LogP contribution in [0.4, 0.5) is 5.69 Å². The number of ketones is 1. The predicted octanol–water partition coefficient (Wildman–Crippen LogP) is 0.832. The molecule has 0 aliphatic carbocycles. The van der Waals surface area contributed by atoms with Crippen molar-refractivity contribution in [1.29, 1.82) is 0 Å². The summed E-state index contributed by atoms with van der Waals surface area (Å²) < 4.78 is 24.2. The number of hydrogen-bond acceptors (Lipinski definition) is 5. The highest BCUT2D eigenvalue weighted by molar-refractivity contribution is 7.89. The Morgan fingerprint density at radius 2 is 1.91 bits per heavy atom. The Labute approximate surface area is 127 Å². The van der Waals surface area contributed by atoms with Gasteiger partial charge in [0.25, 0.3) is 0 Å². The van der Waals surface area contributed by atoms with Gasteiger partial charge in [-0.15, -0.1) is 0 Å². The SMILES string of the molecule is NS(=O)(=O)c1ccc(NN/C=C2/Cn3cccc3C2=O)cc1. The number of sulfonamides is 1. The number of nitrogens with two attached hydrogens (primary N) is 1. The molecule has 0 radical (unpaired) electrons. The Kier molecular flexibility index (Phi) is 3.47. The standard InChI is InChI=1S/C14H14N4O3S/c15-22(20,21)12-5-3-11(4-6-12)17-16-8-10-9-18-7-1-2-13(18)14(10)19/h1-8,16-17H,9H2,(H2,15,20,21)/b10-8-. The van der Waals surface area contributed by atoms with Crippen molar-refractivity contribution in [3.63, 3.8) is 0 Å². The number of aromatic nitrogens is 1. The first-order valence-corrected chi connectivity index (χ1v) is 8.03. The fourth-order valence-electron chi connectivity index (χ4n) is 2.22. The average Bonchev–Trinajstić information content (AvgIpc) is 3.03. The molecule has 0 atom stereocenters. The van der Waals surface area contributed by atoms with E-state index in [-0.39, 0.29) is 10.7 Å². The normalized spacial score (nSPS) is 15.9. The smallest absolute Gasteiger partial charge is 0.238 e. The number of hydrazine groups is 1. The van der Waals surface area contributed by atoms with E-state index < -0.39 is 10.0 Å². The van der Waals surface area contributed by atoms with E-state index in [9.17, 15) is 13.2 Å². The number of nitrogens with zero attached hydrogens (tertiary/aromatic N) is 1. The van der Waals surface area contributed by atoms with Gasteiger partial charge in [0.2, 0.25) is 15.8 Å². The van der Waals surface area contributed by atoms with Crippen LogP contribution in [0.2, 0.25) is 0 Å². The van der Waals surface area contributed by atoms with Crippen molar-refractivity contribution < 1.29 is 13.2 Å². The van der Waals surface area contributed by atoms with E-state index in [1.54, 1.807) is 24.4 Å². The lowest BCUT2D eigenvalue weighted by Crippen LogP contribution is -2.17. The van der Waals surface area contributed by atoms with E-state index in [1.807, 2.05) is 16.8 Å². The zero-order valence-corrected chi connectivity index (χ0v) is 12.3. The highest BCUT2D eigenvalue weighted by atomic mass is 32.2. The van der Waals surface area contributed by atoms with Crippen molar-refractivity contribution in [3.8, 4) is 0 Å². The minimum Gasteiger partial charge on any atom is -0.340 e. The van der Waals surface area contributed by atoms with Gasteiger partial charge in [0.1, 0.15) is 0 Å². The largest absolute Gasteiger partial charge is 0.340 e. The maximum atomic E-state index is 12.0. The number of fused-ring (bicyclic) bond motifs is 1. The Morgan fingerprint density at radius 3 is 2.55 bits per heavy atom. The number of carbonyl (C=O) groups excluding carboxylic acids is 1. The number of nitrogens with one attached hydrogen (secondary N) is 2. The first-order chi connectivity index (χ1) is 10.4. The summed E-state index contributed by atoms with van der Waals surface area (Å²) in [5.41, 5.74) is 7.66. The van der Waals surface area contributed by atoms with Crippen LogP contribution in [0.3, 0.4) is 0 Å². The number of hydrogen-bond donors (Lipinski definition) is 3. The minimum absolute atomic E-state index is 0.0103. The second kappa shape index (κ2) is 5.32. The zero-order chi connectivity index (χ0) is 15.7. The van der Waals surface area contributed by atoms with E-state index in [0.29, 0.717) is 23.5 Å². The van der Waals surface area contributed by atoms with Gasteiger partial charge in [0.15, 0.2) is 0 Å². The molecule has 4 N–H and O–H groups in total. The van der Waals surface area contributed by atoms with Crippen LogP contribution in [0.15, 0.2) is 59.3 Å². The Hall–Kier alpha value is -2.58. The van der Waals surface area contributed by atoms with Crippen molar-refractivity contribution in [2.45, 2.75) is 11.4 Å². The van der Waals surface area contributed by atoms with Crippen LogP contribution in [0.25, 0.3) is 0 Å². The molecule has 7 nitrogen and oxygen atoms in total. The van der Waals surface area contributed by atoms with Crippen molar-refractivity contribution in [1.82, 2.24) is 9.99 Å². The molecular formula is C14H14N4O3S. The number of anilines is 1. The molecule has 3 rings (SSSR count). The fraction of sp³-hybridized carbons (Fsp3) is 0.0714. The van der Waals surface area contributed by atoms with Crippen molar-refractivity contribution in [2.75, 3.05) is 5.43 Å². The Bertz CT molecular complexity index is 850. The number of rotatable bonds is 4. The molecule has 1 aromatic carbocycles. The molecule has 0 amide bonds. The van der Waals surface area contributed by atoms with Crippen LogP contribution < -0.4 is 16.0 Å². The summed E-state index contributed by atoms with van der Waals surface area (Å²) in [6.07, 6.45) is 3.45. The van der Waals surface area contributed by atoms with Crippen molar-refractivity contribution in [3.05, 3.63) is 60.1 Å². The first-order valence-electron chi connectivity index (χ1n) is 6.48. The maximum absolute atomic E-state index is 12.0. The average molecular weight is 318 g/mol. The minimum atomic E-state index is -3.69. The Balaban J connectivity index is 1.63. The van der Waals surface area contributed by atoms with Crippen LogP contribution in [0.5, 0.6) is 0 Å². The second-order valence-corrected chi connectivity index (χ2v) is 6.42. The lowest BCUT2D eigenvalue weighted by atomic mass is 10.2. The summed E-state index contributed by atoms with van der Waals surface area (Å²) in [5.74, 6) is -0.0103. The summed E-state index contributed by atoms with van der Waals surface area (Å²) in [6, 6.07) is 9.57. The monoisotopic (exact) mass is 318 g/mol. The summed E-state index contributed by atoms with van der Waals surface area (Å²) in [6.45, 7) is 0.528. The highest BCUT2D eigenvalue weighted by Crippen LogP contribution is 2.19. The van der Waals surface area contributed by atoms with Gasteiger partial charge in [0, 0.05) is 18.0 Å². The number of primary sulfonamides is 1. The highest BCUT2D eigenvalue weighted by Gasteiger charge is 2.23. The van der Waals surface area contributed by atoms with E-state index in [1.165, 1.54) is 12.1 Å². The summed E-state index contributed by atoms with van der Waals surface area (Å²) in [7, 11) is -3.69. The van der Waals surface area contributed by atoms with Crippen LogP contribution in [0, 0.1) is 0 Å². The van der Waals surface area contributed by atoms with Crippen LogP contribution in [-0.4, -0.2) is 18.8 Å². The molecule has 1 aliphatic heterocycles. The van der Waals surface area contributed by atoms with Gasteiger partial charge in [-0.2, -0.15) is 0 Å². The van der Waals surface area contributed by atoms with Crippen molar-refractivity contribution in [2.24, 2.45) is 5.14 Å². The predicted molar refractivity (Wildman–Crippen MR) is 81.4 cm³/mol. The molecule has 0 spiro atoms. The van der Waals surface area contributed by atoms with Gasteiger partial charge in [-0.3, -0.25) is 4.79 Å². The molecule has 2 aromatic rings. The molecule has 0 unspecified atom stereocenters. The van der Waals surface area contributed by atoms with Gasteiger partial charge in [-0.05, 0) is 36.4 Å². The lowest BCUT2D eigenvalue weighted by molar-refractivity contribution is 0.103. The van der Waals surface area contributed by atoms with Crippen LogP contribution in [-0.2, 0) is 16.6 Å².